The second-order valence-corrected chi connectivity index (χ2v) is 12.2. The van der Waals surface area contributed by atoms with Gasteiger partial charge in [-0.15, -0.1) is 0 Å². The zero-order valence-corrected chi connectivity index (χ0v) is 23.0. The molecule has 9 nitrogen and oxygen atoms in total. The molecule has 0 fully saturated rings. The number of amides is 2. The summed E-state index contributed by atoms with van der Waals surface area (Å²) in [6.07, 6.45) is 0.996. The molecule has 12 heteroatoms. The second kappa shape index (κ2) is 10.7. The Kier molecular flexibility index (Phi) is 8.32. The molecule has 0 radical (unpaired) electrons. The second-order valence-electron chi connectivity index (χ2n) is 9.44. The average molecular weight is 558 g/mol. The number of rotatable bonds is 8. The van der Waals surface area contributed by atoms with Gasteiger partial charge in [0.1, 0.15) is 12.6 Å². The highest BCUT2D eigenvalue weighted by Gasteiger charge is 2.32. The normalized spacial score (nSPS) is 13.8. The Hall–Kier alpha value is -2.69. The number of halogens is 2. The average Bonchev–Trinajstić information content (AvgIpc) is 3.22. The van der Waals surface area contributed by atoms with Crippen molar-refractivity contribution in [3.8, 4) is 11.5 Å². The van der Waals surface area contributed by atoms with E-state index in [0.717, 1.165) is 10.6 Å². The number of carbonyl (C=O) groups excluding carboxylic acids is 2. The first-order valence-corrected chi connectivity index (χ1v) is 13.7. The van der Waals surface area contributed by atoms with Gasteiger partial charge in [-0.1, -0.05) is 29.3 Å². The van der Waals surface area contributed by atoms with Gasteiger partial charge in [0.15, 0.2) is 11.5 Å². The van der Waals surface area contributed by atoms with E-state index < -0.39 is 40.0 Å². The molecule has 0 saturated carbocycles. The highest BCUT2D eigenvalue weighted by atomic mass is 35.5. The number of anilines is 1. The number of hydrogen-bond donors (Lipinski definition) is 1. The highest BCUT2D eigenvalue weighted by Crippen LogP contribution is 2.36. The minimum atomic E-state index is -3.89. The minimum absolute atomic E-state index is 0.0172. The molecule has 2 aromatic rings. The van der Waals surface area contributed by atoms with E-state index >= 15 is 0 Å². The molecule has 2 amide bonds. The molecule has 0 bridgehead atoms. The van der Waals surface area contributed by atoms with Crippen LogP contribution < -0.4 is 19.1 Å². The van der Waals surface area contributed by atoms with Crippen LogP contribution in [-0.2, 0) is 26.2 Å². The highest BCUT2D eigenvalue weighted by molar-refractivity contribution is 7.92. The number of benzene rings is 2. The van der Waals surface area contributed by atoms with Crippen LogP contribution in [0.1, 0.15) is 33.3 Å². The summed E-state index contributed by atoms with van der Waals surface area (Å²) in [5, 5.41) is 3.49. The van der Waals surface area contributed by atoms with Crippen LogP contribution in [0.2, 0.25) is 10.0 Å². The number of ether oxygens (including phenoxy) is 2. The van der Waals surface area contributed by atoms with Gasteiger partial charge in [0, 0.05) is 33.8 Å². The lowest BCUT2D eigenvalue weighted by molar-refractivity contribution is -0.140. The Bertz CT molecular complexity index is 1240. The molecule has 1 aliphatic rings. The maximum absolute atomic E-state index is 13.6. The van der Waals surface area contributed by atoms with Crippen LogP contribution in [-0.4, -0.2) is 56.3 Å². The molecule has 3 rings (SSSR count). The van der Waals surface area contributed by atoms with E-state index in [1.807, 2.05) is 20.8 Å². The van der Waals surface area contributed by atoms with E-state index in [0.29, 0.717) is 27.1 Å². The zero-order chi connectivity index (χ0) is 26.8. The fourth-order valence-corrected chi connectivity index (χ4v) is 4.92. The number of fused-ring (bicyclic) bond motifs is 1. The van der Waals surface area contributed by atoms with Crippen LogP contribution in [0.5, 0.6) is 11.5 Å². The third-order valence-electron chi connectivity index (χ3n) is 5.38. The smallest absolute Gasteiger partial charge is 0.244 e. The maximum atomic E-state index is 13.6. The number of hydrogen-bond acceptors (Lipinski definition) is 6. The van der Waals surface area contributed by atoms with Crippen LogP contribution in [0, 0.1) is 0 Å². The fourth-order valence-electron chi connectivity index (χ4n) is 3.56. The molecule has 36 heavy (non-hydrogen) atoms. The SMILES string of the molecule is C[C@H](C(=O)NC(C)(C)C)N(Cc1c(Cl)cccc1Cl)C(=O)CN(c1ccc2c(c1)OCO2)S(C)(=O)=O. The third-order valence-corrected chi connectivity index (χ3v) is 7.23. The number of nitrogens with one attached hydrogen (secondary N) is 1. The van der Waals surface area contributed by atoms with Crippen molar-refractivity contribution in [2.24, 2.45) is 0 Å². The van der Waals surface area contributed by atoms with Gasteiger partial charge >= 0.3 is 0 Å². The van der Waals surface area contributed by atoms with Crippen molar-refractivity contribution >= 4 is 50.7 Å². The Morgan fingerprint density at radius 1 is 1.08 bits per heavy atom. The standard InChI is InChI=1S/C24H29Cl2N3O6S/c1-15(23(31)27-24(2,3)4)28(12-17-18(25)7-6-8-19(17)26)22(30)13-29(36(5,32)33)16-9-10-20-21(11-16)35-14-34-20/h6-11,15H,12-14H2,1-5H3,(H,27,31)/t15-/m1/s1. The number of sulfonamides is 1. The van der Waals surface area contributed by atoms with Crippen molar-refractivity contribution < 1.29 is 27.5 Å². The third kappa shape index (κ3) is 6.74. The Labute approximate surface area is 221 Å². The van der Waals surface area contributed by atoms with Gasteiger partial charge in [-0.05, 0) is 52.0 Å². The molecule has 196 valence electrons. The minimum Gasteiger partial charge on any atom is -0.454 e. The van der Waals surface area contributed by atoms with Crippen molar-refractivity contribution in [2.75, 3.05) is 23.9 Å². The number of carbonyl (C=O) groups is 2. The van der Waals surface area contributed by atoms with Gasteiger partial charge in [0.2, 0.25) is 28.6 Å². The monoisotopic (exact) mass is 557 g/mol. The van der Waals surface area contributed by atoms with Crippen molar-refractivity contribution in [3.05, 3.63) is 52.0 Å². The molecule has 0 unspecified atom stereocenters. The predicted molar refractivity (Wildman–Crippen MR) is 139 cm³/mol. The molecular formula is C24H29Cl2N3O6S. The van der Waals surface area contributed by atoms with Crippen LogP contribution in [0.3, 0.4) is 0 Å². The van der Waals surface area contributed by atoms with E-state index in [9.17, 15) is 18.0 Å². The fraction of sp³-hybridized carbons (Fsp3) is 0.417. The molecule has 0 aliphatic carbocycles. The topological polar surface area (TPSA) is 105 Å². The molecule has 1 heterocycles. The summed E-state index contributed by atoms with van der Waals surface area (Å²) >= 11 is 12.7. The summed E-state index contributed by atoms with van der Waals surface area (Å²) in [4.78, 5) is 27.9. The Morgan fingerprint density at radius 2 is 1.69 bits per heavy atom. The van der Waals surface area contributed by atoms with Gasteiger partial charge in [-0.25, -0.2) is 8.42 Å². The summed E-state index contributed by atoms with van der Waals surface area (Å²) in [5.74, 6) is -0.189. The van der Waals surface area contributed by atoms with Gasteiger partial charge in [0.25, 0.3) is 0 Å². The molecule has 0 aromatic heterocycles. The van der Waals surface area contributed by atoms with E-state index in [1.165, 1.54) is 17.0 Å². The molecule has 1 aliphatic heterocycles. The summed E-state index contributed by atoms with van der Waals surface area (Å²) in [6.45, 7) is 6.38. The predicted octanol–water partition coefficient (Wildman–Crippen LogP) is 3.82. The van der Waals surface area contributed by atoms with Gasteiger partial charge < -0.3 is 19.7 Å². The molecule has 2 aromatic carbocycles. The summed E-state index contributed by atoms with van der Waals surface area (Å²) in [6, 6.07) is 8.54. The zero-order valence-electron chi connectivity index (χ0n) is 20.7. The molecular weight excluding hydrogens is 529 g/mol. The summed E-state index contributed by atoms with van der Waals surface area (Å²) in [5.41, 5.74) is 0.115. The lowest BCUT2D eigenvalue weighted by atomic mass is 10.1. The maximum Gasteiger partial charge on any atom is 0.244 e. The van der Waals surface area contributed by atoms with Crippen LogP contribution in [0.25, 0.3) is 0 Å². The Morgan fingerprint density at radius 3 is 2.28 bits per heavy atom. The van der Waals surface area contributed by atoms with Crippen molar-refractivity contribution in [1.82, 2.24) is 10.2 Å². The van der Waals surface area contributed by atoms with E-state index in [4.69, 9.17) is 32.7 Å². The summed E-state index contributed by atoms with van der Waals surface area (Å²) in [7, 11) is -3.89. The summed E-state index contributed by atoms with van der Waals surface area (Å²) < 4.78 is 37.0. The first-order chi connectivity index (χ1) is 16.7. The largest absolute Gasteiger partial charge is 0.454 e. The van der Waals surface area contributed by atoms with E-state index in [-0.39, 0.29) is 19.0 Å². The lowest BCUT2D eigenvalue weighted by Gasteiger charge is -2.33. The van der Waals surface area contributed by atoms with Crippen LogP contribution >= 0.6 is 23.2 Å². The van der Waals surface area contributed by atoms with Crippen molar-refractivity contribution in [1.29, 1.82) is 0 Å². The van der Waals surface area contributed by atoms with Crippen molar-refractivity contribution in [2.45, 2.75) is 45.8 Å². The van der Waals surface area contributed by atoms with E-state index in [1.54, 1.807) is 31.2 Å². The lowest BCUT2D eigenvalue weighted by Crippen LogP contribution is -2.54. The first kappa shape index (κ1) is 27.9. The van der Waals surface area contributed by atoms with Gasteiger partial charge in [-0.2, -0.15) is 0 Å². The molecule has 0 saturated heterocycles. The van der Waals surface area contributed by atoms with Crippen LogP contribution in [0.4, 0.5) is 5.69 Å². The van der Waals surface area contributed by atoms with Crippen LogP contribution in [0.15, 0.2) is 36.4 Å². The molecule has 0 spiro atoms. The van der Waals surface area contributed by atoms with E-state index in [2.05, 4.69) is 5.32 Å². The van der Waals surface area contributed by atoms with Crippen molar-refractivity contribution in [3.63, 3.8) is 0 Å². The molecule has 1 N–H and O–H groups in total. The first-order valence-electron chi connectivity index (χ1n) is 11.1. The quantitative estimate of drug-likeness (QED) is 0.528. The van der Waals surface area contributed by atoms with Gasteiger partial charge in [0.05, 0.1) is 11.9 Å². The Balaban J connectivity index is 1.97. The molecule has 1 atom stereocenters. The van der Waals surface area contributed by atoms with Gasteiger partial charge in [-0.3, -0.25) is 13.9 Å². The number of nitrogens with zero attached hydrogens (tertiary/aromatic N) is 2.